The van der Waals surface area contributed by atoms with Crippen LogP contribution in [0.25, 0.3) is 0 Å². The Hall–Kier alpha value is -0.290. The van der Waals surface area contributed by atoms with Gasteiger partial charge in [-0.1, -0.05) is 47.6 Å². The fraction of sp³-hybridized carbons (Fsp3) is 0.600. The molecule has 0 bridgehead atoms. The Labute approximate surface area is 123 Å². The molecular formula is C15H21IO2. The minimum Gasteiger partial charge on any atom is -0.497 e. The van der Waals surface area contributed by atoms with Gasteiger partial charge in [-0.25, -0.2) is 0 Å². The lowest BCUT2D eigenvalue weighted by molar-refractivity contribution is 0.0454. The summed E-state index contributed by atoms with van der Waals surface area (Å²) in [4.78, 5) is 0. The Morgan fingerprint density at radius 3 is 2.44 bits per heavy atom. The summed E-state index contributed by atoms with van der Waals surface area (Å²) in [6.45, 7) is 0.916. The Bertz CT molecular complexity index is 344. The van der Waals surface area contributed by atoms with Crippen molar-refractivity contribution in [2.45, 2.75) is 31.8 Å². The molecule has 1 atom stereocenters. The normalized spacial score (nSPS) is 17.9. The summed E-state index contributed by atoms with van der Waals surface area (Å²) in [5.41, 5.74) is 1.25. The van der Waals surface area contributed by atoms with Gasteiger partial charge in [0.15, 0.2) is 0 Å². The number of hydrogen-bond acceptors (Lipinski definition) is 2. The summed E-state index contributed by atoms with van der Waals surface area (Å²) in [6, 6.07) is 8.23. The number of hydrogen-bond donors (Lipinski definition) is 0. The fourth-order valence-electron chi connectivity index (χ4n) is 2.48. The molecule has 0 saturated heterocycles. The van der Waals surface area contributed by atoms with Crippen LogP contribution in [0.4, 0.5) is 0 Å². The van der Waals surface area contributed by atoms with E-state index in [0.29, 0.717) is 0 Å². The maximum absolute atomic E-state index is 6.09. The first-order chi connectivity index (χ1) is 8.83. The number of rotatable bonds is 6. The van der Waals surface area contributed by atoms with Gasteiger partial charge in [0.05, 0.1) is 19.8 Å². The number of halogens is 1. The van der Waals surface area contributed by atoms with Crippen LogP contribution in [0.3, 0.4) is 0 Å². The largest absolute Gasteiger partial charge is 0.497 e. The molecule has 0 spiro atoms. The van der Waals surface area contributed by atoms with Crippen LogP contribution in [-0.2, 0) is 4.74 Å². The van der Waals surface area contributed by atoms with Crippen molar-refractivity contribution >= 4 is 22.6 Å². The maximum Gasteiger partial charge on any atom is 0.118 e. The van der Waals surface area contributed by atoms with Gasteiger partial charge in [0.25, 0.3) is 0 Å². The lowest BCUT2D eigenvalue weighted by Gasteiger charge is -2.18. The smallest absolute Gasteiger partial charge is 0.118 e. The molecule has 2 nitrogen and oxygen atoms in total. The van der Waals surface area contributed by atoms with E-state index in [1.807, 2.05) is 12.1 Å². The molecule has 0 amide bonds. The molecule has 1 unspecified atom stereocenters. The second-order valence-corrected chi connectivity index (χ2v) is 5.78. The zero-order valence-corrected chi connectivity index (χ0v) is 13.1. The van der Waals surface area contributed by atoms with Crippen LogP contribution in [-0.4, -0.2) is 18.1 Å². The summed E-state index contributed by atoms with van der Waals surface area (Å²) in [5, 5.41) is 0. The van der Waals surface area contributed by atoms with Gasteiger partial charge >= 0.3 is 0 Å². The fourth-order valence-corrected chi connectivity index (χ4v) is 3.24. The van der Waals surface area contributed by atoms with Gasteiger partial charge in [-0.15, -0.1) is 0 Å². The van der Waals surface area contributed by atoms with Crippen molar-refractivity contribution in [1.82, 2.24) is 0 Å². The van der Waals surface area contributed by atoms with E-state index in [1.54, 1.807) is 7.11 Å². The first-order valence-electron chi connectivity index (χ1n) is 6.65. The van der Waals surface area contributed by atoms with Crippen molar-refractivity contribution in [3.63, 3.8) is 0 Å². The number of alkyl halides is 1. The van der Waals surface area contributed by atoms with Crippen molar-refractivity contribution in [3.05, 3.63) is 29.8 Å². The van der Waals surface area contributed by atoms with Crippen LogP contribution in [0.2, 0.25) is 0 Å². The van der Waals surface area contributed by atoms with Crippen LogP contribution in [0.1, 0.15) is 37.4 Å². The summed E-state index contributed by atoms with van der Waals surface area (Å²) in [5.74, 6) is 1.69. The molecule has 2 rings (SSSR count). The molecule has 1 fully saturated rings. The molecule has 1 saturated carbocycles. The molecule has 100 valence electrons. The predicted molar refractivity (Wildman–Crippen MR) is 82.5 cm³/mol. The van der Waals surface area contributed by atoms with E-state index in [0.717, 1.165) is 22.7 Å². The molecule has 1 aromatic rings. The maximum atomic E-state index is 6.09. The predicted octanol–water partition coefficient (Wildman–Crippen LogP) is 4.38. The molecule has 0 radical (unpaired) electrons. The highest BCUT2D eigenvalue weighted by Gasteiger charge is 2.18. The SMILES string of the molecule is COc1ccc(C(CI)OCC2CCCC2)cc1. The Kier molecular flexibility index (Phi) is 5.76. The second-order valence-electron chi connectivity index (χ2n) is 4.90. The van der Waals surface area contributed by atoms with Gasteiger partial charge in [0.1, 0.15) is 5.75 Å². The van der Waals surface area contributed by atoms with E-state index in [4.69, 9.17) is 9.47 Å². The molecule has 18 heavy (non-hydrogen) atoms. The summed E-state index contributed by atoms with van der Waals surface area (Å²) in [6.07, 6.45) is 5.67. The van der Waals surface area contributed by atoms with Crippen molar-refractivity contribution in [2.24, 2.45) is 5.92 Å². The Morgan fingerprint density at radius 1 is 1.22 bits per heavy atom. The average molecular weight is 360 g/mol. The third-order valence-electron chi connectivity index (χ3n) is 3.64. The lowest BCUT2D eigenvalue weighted by Crippen LogP contribution is -2.12. The molecule has 0 aliphatic heterocycles. The van der Waals surface area contributed by atoms with E-state index >= 15 is 0 Å². The molecule has 0 heterocycles. The number of benzene rings is 1. The van der Waals surface area contributed by atoms with E-state index in [-0.39, 0.29) is 6.10 Å². The highest BCUT2D eigenvalue weighted by molar-refractivity contribution is 14.1. The quantitative estimate of drug-likeness (QED) is 0.554. The van der Waals surface area contributed by atoms with Crippen molar-refractivity contribution in [2.75, 3.05) is 18.1 Å². The van der Waals surface area contributed by atoms with Crippen molar-refractivity contribution in [1.29, 1.82) is 0 Å². The monoisotopic (exact) mass is 360 g/mol. The molecule has 1 aliphatic rings. The third-order valence-corrected chi connectivity index (χ3v) is 4.44. The van der Waals surface area contributed by atoms with Gasteiger partial charge < -0.3 is 9.47 Å². The summed E-state index contributed by atoms with van der Waals surface area (Å²) < 4.78 is 12.3. The molecule has 1 aromatic carbocycles. The van der Waals surface area contributed by atoms with E-state index in [2.05, 4.69) is 34.7 Å². The first-order valence-corrected chi connectivity index (χ1v) is 8.17. The Balaban J connectivity index is 1.89. The first kappa shape index (κ1) is 14.1. The zero-order valence-electron chi connectivity index (χ0n) is 10.9. The summed E-state index contributed by atoms with van der Waals surface area (Å²) in [7, 11) is 1.70. The van der Waals surface area contributed by atoms with Gasteiger partial charge in [0, 0.05) is 4.43 Å². The highest BCUT2D eigenvalue weighted by atomic mass is 127. The summed E-state index contributed by atoms with van der Waals surface area (Å²) >= 11 is 2.40. The molecular weight excluding hydrogens is 339 g/mol. The molecule has 0 N–H and O–H groups in total. The van der Waals surface area contributed by atoms with E-state index in [9.17, 15) is 0 Å². The van der Waals surface area contributed by atoms with Crippen molar-refractivity contribution < 1.29 is 9.47 Å². The minimum atomic E-state index is 0.220. The van der Waals surface area contributed by atoms with Crippen LogP contribution in [0.15, 0.2) is 24.3 Å². The number of ether oxygens (including phenoxy) is 2. The van der Waals surface area contributed by atoms with Crippen LogP contribution in [0, 0.1) is 5.92 Å². The van der Waals surface area contributed by atoms with Crippen LogP contribution >= 0.6 is 22.6 Å². The molecule has 1 aliphatic carbocycles. The molecule has 0 aromatic heterocycles. The van der Waals surface area contributed by atoms with Gasteiger partial charge in [-0.05, 0) is 36.5 Å². The van der Waals surface area contributed by atoms with Gasteiger partial charge in [-0.3, -0.25) is 0 Å². The lowest BCUT2D eigenvalue weighted by atomic mass is 10.1. The van der Waals surface area contributed by atoms with Crippen molar-refractivity contribution in [3.8, 4) is 5.75 Å². The zero-order chi connectivity index (χ0) is 12.8. The minimum absolute atomic E-state index is 0.220. The van der Waals surface area contributed by atoms with E-state index < -0.39 is 0 Å². The Morgan fingerprint density at radius 2 is 1.89 bits per heavy atom. The van der Waals surface area contributed by atoms with Crippen LogP contribution < -0.4 is 4.74 Å². The van der Waals surface area contributed by atoms with Crippen LogP contribution in [0.5, 0.6) is 5.75 Å². The highest BCUT2D eigenvalue weighted by Crippen LogP contribution is 2.28. The number of methoxy groups -OCH3 is 1. The van der Waals surface area contributed by atoms with Gasteiger partial charge in [0.2, 0.25) is 0 Å². The average Bonchev–Trinajstić information content (AvgIpc) is 2.93. The van der Waals surface area contributed by atoms with Gasteiger partial charge in [-0.2, -0.15) is 0 Å². The molecule has 3 heteroatoms. The second kappa shape index (κ2) is 7.34. The standard InChI is InChI=1S/C15H21IO2/c1-17-14-8-6-13(7-9-14)15(10-16)18-11-12-4-2-3-5-12/h6-9,12,15H,2-5,10-11H2,1H3. The third kappa shape index (κ3) is 3.85. The topological polar surface area (TPSA) is 18.5 Å². The van der Waals surface area contributed by atoms with E-state index in [1.165, 1.54) is 31.2 Å².